The molecule has 2 aromatic rings. The van der Waals surface area contributed by atoms with Gasteiger partial charge >= 0.3 is 0 Å². The second-order valence-electron chi connectivity index (χ2n) is 4.51. The summed E-state index contributed by atoms with van der Waals surface area (Å²) >= 11 is 0. The van der Waals surface area contributed by atoms with Gasteiger partial charge in [0.15, 0.2) is 5.82 Å². The lowest BCUT2D eigenvalue weighted by Crippen LogP contribution is -2.07. The normalized spacial score (nSPS) is 10.7. The minimum atomic E-state index is -0.654. The van der Waals surface area contributed by atoms with E-state index >= 15 is 0 Å². The number of aromatic nitrogens is 2. The molecule has 112 valence electrons. The number of hydrogen-bond acceptors (Lipinski definition) is 4. The first-order chi connectivity index (χ1) is 10.2. The van der Waals surface area contributed by atoms with Gasteiger partial charge in [0, 0.05) is 19.7 Å². The highest BCUT2D eigenvalue weighted by molar-refractivity contribution is 5.63. The van der Waals surface area contributed by atoms with Crippen molar-refractivity contribution in [1.82, 2.24) is 9.97 Å². The van der Waals surface area contributed by atoms with Gasteiger partial charge in [-0.1, -0.05) is 13.0 Å². The predicted molar refractivity (Wildman–Crippen MR) is 76.9 cm³/mol. The van der Waals surface area contributed by atoms with Crippen molar-refractivity contribution in [3.05, 3.63) is 41.7 Å². The topological polar surface area (TPSA) is 47.0 Å². The fourth-order valence-corrected chi connectivity index (χ4v) is 1.90. The van der Waals surface area contributed by atoms with Crippen LogP contribution in [0.4, 0.5) is 14.6 Å². The summed E-state index contributed by atoms with van der Waals surface area (Å²) in [5.41, 5.74) is 0.0445. The first-order valence-corrected chi connectivity index (χ1v) is 6.70. The molecule has 0 amide bonds. The molecule has 0 fully saturated rings. The average Bonchev–Trinajstić information content (AvgIpc) is 2.45. The first kappa shape index (κ1) is 15.3. The van der Waals surface area contributed by atoms with Gasteiger partial charge in [-0.25, -0.2) is 18.7 Å². The van der Waals surface area contributed by atoms with Crippen LogP contribution in [-0.4, -0.2) is 23.6 Å². The van der Waals surface area contributed by atoms with Crippen molar-refractivity contribution < 1.29 is 13.5 Å². The number of hydrogen-bond donors (Lipinski definition) is 1. The first-order valence-electron chi connectivity index (χ1n) is 6.70. The number of methoxy groups -OCH3 is 1. The second kappa shape index (κ2) is 7.08. The summed E-state index contributed by atoms with van der Waals surface area (Å²) in [5.74, 6) is -0.412. The number of nitrogens with one attached hydrogen (secondary N) is 1. The molecule has 2 rings (SSSR count). The van der Waals surface area contributed by atoms with Crippen LogP contribution in [-0.2, 0) is 11.3 Å². The Hall–Kier alpha value is -2.08. The van der Waals surface area contributed by atoms with E-state index in [1.165, 1.54) is 31.4 Å². The molecule has 0 aliphatic rings. The van der Waals surface area contributed by atoms with Crippen LogP contribution in [0.2, 0.25) is 0 Å². The molecule has 0 radical (unpaired) electrons. The van der Waals surface area contributed by atoms with Crippen molar-refractivity contribution in [3.8, 4) is 11.3 Å². The molecule has 6 heteroatoms. The van der Waals surface area contributed by atoms with Gasteiger partial charge in [0.05, 0.1) is 11.3 Å². The van der Waals surface area contributed by atoms with Crippen LogP contribution in [0.5, 0.6) is 0 Å². The fourth-order valence-electron chi connectivity index (χ4n) is 1.90. The van der Waals surface area contributed by atoms with E-state index in [0.717, 1.165) is 6.42 Å². The monoisotopic (exact) mass is 293 g/mol. The SMILES string of the molecule is CCCNc1cc(-c2c(F)cccc2F)nc(COC)n1. The Morgan fingerprint density at radius 2 is 1.90 bits per heavy atom. The zero-order valence-corrected chi connectivity index (χ0v) is 12.0. The molecule has 1 N–H and O–H groups in total. The van der Waals surface area contributed by atoms with E-state index in [0.29, 0.717) is 18.2 Å². The van der Waals surface area contributed by atoms with Crippen molar-refractivity contribution in [2.75, 3.05) is 19.0 Å². The van der Waals surface area contributed by atoms with Gasteiger partial charge in [-0.05, 0) is 18.6 Å². The summed E-state index contributed by atoms with van der Waals surface area (Å²) < 4.78 is 32.8. The third-order valence-corrected chi connectivity index (χ3v) is 2.82. The highest BCUT2D eigenvalue weighted by atomic mass is 19.1. The minimum Gasteiger partial charge on any atom is -0.377 e. The third kappa shape index (κ3) is 3.72. The Morgan fingerprint density at radius 3 is 2.52 bits per heavy atom. The lowest BCUT2D eigenvalue weighted by atomic mass is 10.1. The quantitative estimate of drug-likeness (QED) is 0.887. The zero-order chi connectivity index (χ0) is 15.2. The van der Waals surface area contributed by atoms with Crippen LogP contribution in [0, 0.1) is 11.6 Å². The number of benzene rings is 1. The zero-order valence-electron chi connectivity index (χ0n) is 12.0. The van der Waals surface area contributed by atoms with E-state index < -0.39 is 11.6 Å². The summed E-state index contributed by atoms with van der Waals surface area (Å²) in [6.45, 7) is 2.90. The van der Waals surface area contributed by atoms with E-state index in [1.807, 2.05) is 6.92 Å². The summed E-state index contributed by atoms with van der Waals surface area (Å²) in [6, 6.07) is 5.27. The van der Waals surface area contributed by atoms with Gasteiger partial charge in [0.25, 0.3) is 0 Å². The van der Waals surface area contributed by atoms with Crippen LogP contribution in [0.1, 0.15) is 19.2 Å². The van der Waals surface area contributed by atoms with Gasteiger partial charge < -0.3 is 10.1 Å². The van der Waals surface area contributed by atoms with Crippen molar-refractivity contribution in [2.24, 2.45) is 0 Å². The molecular weight excluding hydrogens is 276 g/mol. The maximum atomic E-state index is 13.9. The minimum absolute atomic E-state index is 0.156. The van der Waals surface area contributed by atoms with E-state index in [2.05, 4.69) is 15.3 Å². The number of rotatable bonds is 6. The molecule has 0 saturated heterocycles. The maximum Gasteiger partial charge on any atom is 0.157 e. The van der Waals surface area contributed by atoms with Crippen molar-refractivity contribution >= 4 is 5.82 Å². The van der Waals surface area contributed by atoms with Crippen LogP contribution in [0.3, 0.4) is 0 Å². The molecule has 4 nitrogen and oxygen atoms in total. The Kier molecular flexibility index (Phi) is 5.16. The van der Waals surface area contributed by atoms with E-state index in [-0.39, 0.29) is 17.9 Å². The number of anilines is 1. The highest BCUT2D eigenvalue weighted by Gasteiger charge is 2.15. The molecule has 0 spiro atoms. The molecule has 0 bridgehead atoms. The molecule has 0 aliphatic carbocycles. The third-order valence-electron chi connectivity index (χ3n) is 2.82. The Bertz CT molecular complexity index is 600. The number of halogens is 2. The molecule has 1 aromatic carbocycles. The molecule has 0 aliphatic heterocycles. The molecule has 1 aromatic heterocycles. The maximum absolute atomic E-state index is 13.9. The van der Waals surface area contributed by atoms with Gasteiger partial charge in [-0.15, -0.1) is 0 Å². The van der Waals surface area contributed by atoms with Crippen LogP contribution in [0.25, 0.3) is 11.3 Å². The second-order valence-corrected chi connectivity index (χ2v) is 4.51. The Morgan fingerprint density at radius 1 is 1.19 bits per heavy atom. The highest BCUT2D eigenvalue weighted by Crippen LogP contribution is 2.26. The summed E-state index contributed by atoms with van der Waals surface area (Å²) in [5, 5.41) is 3.09. The molecule has 0 unspecified atom stereocenters. The van der Waals surface area contributed by atoms with Crippen molar-refractivity contribution in [1.29, 1.82) is 0 Å². The molecule has 21 heavy (non-hydrogen) atoms. The van der Waals surface area contributed by atoms with Crippen molar-refractivity contribution in [2.45, 2.75) is 20.0 Å². The van der Waals surface area contributed by atoms with E-state index in [9.17, 15) is 8.78 Å². The largest absolute Gasteiger partial charge is 0.377 e. The lowest BCUT2D eigenvalue weighted by molar-refractivity contribution is 0.178. The molecular formula is C15H17F2N3O. The summed E-state index contributed by atoms with van der Waals surface area (Å²) in [4.78, 5) is 8.42. The standard InChI is InChI=1S/C15H17F2N3O/c1-3-7-18-13-8-12(19-14(20-13)9-21-2)15-10(16)5-4-6-11(15)17/h4-6,8H,3,7,9H2,1-2H3,(H,18,19,20). The predicted octanol–water partition coefficient (Wildman–Crippen LogP) is 3.39. The van der Waals surface area contributed by atoms with Crippen molar-refractivity contribution in [3.63, 3.8) is 0 Å². The Labute approximate surface area is 122 Å². The summed E-state index contributed by atoms with van der Waals surface area (Å²) in [6.07, 6.45) is 0.910. The van der Waals surface area contributed by atoms with Gasteiger partial charge in [-0.3, -0.25) is 0 Å². The number of ether oxygens (including phenoxy) is 1. The number of nitrogens with zero attached hydrogens (tertiary/aromatic N) is 2. The van der Waals surface area contributed by atoms with E-state index in [4.69, 9.17) is 4.74 Å². The molecule has 0 saturated carbocycles. The van der Waals surface area contributed by atoms with Crippen LogP contribution in [0.15, 0.2) is 24.3 Å². The fraction of sp³-hybridized carbons (Fsp3) is 0.333. The van der Waals surface area contributed by atoms with Gasteiger partial charge in [-0.2, -0.15) is 0 Å². The lowest BCUT2D eigenvalue weighted by Gasteiger charge is -2.10. The molecule has 0 atom stereocenters. The van der Waals surface area contributed by atoms with E-state index in [1.54, 1.807) is 0 Å². The van der Waals surface area contributed by atoms with Crippen LogP contribution >= 0.6 is 0 Å². The van der Waals surface area contributed by atoms with Gasteiger partial charge in [0.1, 0.15) is 24.1 Å². The van der Waals surface area contributed by atoms with Gasteiger partial charge in [0.2, 0.25) is 0 Å². The van der Waals surface area contributed by atoms with Crippen LogP contribution < -0.4 is 5.32 Å². The Balaban J connectivity index is 2.48. The molecule has 1 heterocycles. The summed E-state index contributed by atoms with van der Waals surface area (Å²) in [7, 11) is 1.51. The average molecular weight is 293 g/mol. The smallest absolute Gasteiger partial charge is 0.157 e.